The Bertz CT molecular complexity index is 594. The molecule has 0 radical (unpaired) electrons. The highest BCUT2D eigenvalue weighted by Gasteiger charge is 2.18. The second-order valence-corrected chi connectivity index (χ2v) is 6.30. The Balaban J connectivity index is 2.38. The van der Waals surface area contributed by atoms with Crippen LogP contribution in [-0.2, 0) is 6.42 Å². The van der Waals surface area contributed by atoms with Crippen LogP contribution in [0.5, 0.6) is 0 Å². The van der Waals surface area contributed by atoms with Gasteiger partial charge < -0.3 is 10.3 Å². The molecule has 0 saturated carbocycles. The van der Waals surface area contributed by atoms with Crippen molar-refractivity contribution in [2.45, 2.75) is 41.0 Å². The molecule has 2 rings (SSSR count). The van der Waals surface area contributed by atoms with Crippen molar-refractivity contribution in [1.82, 2.24) is 10.1 Å². The fourth-order valence-corrected chi connectivity index (χ4v) is 2.07. The molecule has 0 saturated heterocycles. The number of nitrogens with two attached hydrogens (primary N) is 1. The summed E-state index contributed by atoms with van der Waals surface area (Å²) in [6, 6.07) is 4.03. The van der Waals surface area contributed by atoms with Crippen LogP contribution < -0.4 is 5.73 Å². The third-order valence-corrected chi connectivity index (χ3v) is 2.92. The number of rotatable bonds is 2. The van der Waals surface area contributed by atoms with Crippen molar-refractivity contribution in [2.75, 3.05) is 5.73 Å². The average molecular weight is 259 g/mol. The first-order valence-electron chi connectivity index (χ1n) is 6.46. The molecule has 0 aliphatic heterocycles. The molecule has 2 aromatic rings. The Morgan fingerprint density at radius 3 is 2.53 bits per heavy atom. The monoisotopic (exact) mass is 259 g/mol. The predicted molar refractivity (Wildman–Crippen MR) is 76.8 cm³/mol. The van der Waals surface area contributed by atoms with Crippen LogP contribution in [0, 0.1) is 19.3 Å². The molecule has 0 atom stereocenters. The van der Waals surface area contributed by atoms with Gasteiger partial charge in [0.2, 0.25) is 0 Å². The molecular weight excluding hydrogens is 238 g/mol. The first kappa shape index (κ1) is 13.6. The lowest BCUT2D eigenvalue weighted by molar-refractivity contribution is 0.374. The minimum Gasteiger partial charge on any atom is -0.398 e. The second-order valence-electron chi connectivity index (χ2n) is 6.30. The standard InChI is InChI=1S/C15H21N3O/c1-9-6-10(2)13(16)11(7-9)14-17-12(18-19-14)8-15(3,4)5/h6-7H,8,16H2,1-5H3. The number of hydrogen-bond donors (Lipinski definition) is 1. The number of aryl methyl sites for hydroxylation is 2. The van der Waals surface area contributed by atoms with E-state index in [0.29, 0.717) is 11.6 Å². The Kier molecular flexibility index (Phi) is 3.35. The smallest absolute Gasteiger partial charge is 0.260 e. The van der Waals surface area contributed by atoms with Gasteiger partial charge in [-0.2, -0.15) is 4.98 Å². The first-order valence-corrected chi connectivity index (χ1v) is 6.46. The van der Waals surface area contributed by atoms with Gasteiger partial charge in [0, 0.05) is 12.1 Å². The molecule has 0 fully saturated rings. The normalized spacial score (nSPS) is 11.8. The summed E-state index contributed by atoms with van der Waals surface area (Å²) in [5.74, 6) is 1.23. The first-order chi connectivity index (χ1) is 8.76. The van der Waals surface area contributed by atoms with Gasteiger partial charge in [0.05, 0.1) is 5.56 Å². The Labute approximate surface area is 114 Å². The van der Waals surface area contributed by atoms with Gasteiger partial charge in [0.1, 0.15) is 0 Å². The molecule has 102 valence electrons. The van der Waals surface area contributed by atoms with Gasteiger partial charge in [0.25, 0.3) is 5.89 Å². The molecule has 4 heteroatoms. The molecule has 2 N–H and O–H groups in total. The van der Waals surface area contributed by atoms with E-state index in [9.17, 15) is 0 Å². The summed E-state index contributed by atoms with van der Waals surface area (Å²) in [5.41, 5.74) is 9.93. The molecular formula is C15H21N3O. The minimum absolute atomic E-state index is 0.134. The Morgan fingerprint density at radius 2 is 1.89 bits per heavy atom. The molecule has 0 unspecified atom stereocenters. The van der Waals surface area contributed by atoms with Crippen LogP contribution in [0.2, 0.25) is 0 Å². The van der Waals surface area contributed by atoms with Crippen molar-refractivity contribution in [1.29, 1.82) is 0 Å². The van der Waals surface area contributed by atoms with Crippen LogP contribution in [0.3, 0.4) is 0 Å². The number of nitrogen functional groups attached to an aromatic ring is 1. The van der Waals surface area contributed by atoms with E-state index in [1.165, 1.54) is 0 Å². The van der Waals surface area contributed by atoms with E-state index in [2.05, 4.69) is 30.9 Å². The second kappa shape index (κ2) is 4.68. The maximum Gasteiger partial charge on any atom is 0.260 e. The maximum atomic E-state index is 6.09. The van der Waals surface area contributed by atoms with E-state index < -0.39 is 0 Å². The van der Waals surface area contributed by atoms with E-state index in [-0.39, 0.29) is 5.41 Å². The van der Waals surface area contributed by atoms with Gasteiger partial charge in [-0.15, -0.1) is 0 Å². The third-order valence-electron chi connectivity index (χ3n) is 2.92. The zero-order valence-corrected chi connectivity index (χ0v) is 12.2. The van der Waals surface area contributed by atoms with Gasteiger partial charge in [-0.1, -0.05) is 32.0 Å². The van der Waals surface area contributed by atoms with Gasteiger partial charge >= 0.3 is 0 Å². The Hall–Kier alpha value is -1.84. The highest BCUT2D eigenvalue weighted by Crippen LogP contribution is 2.29. The van der Waals surface area contributed by atoms with Crippen LogP contribution in [0.4, 0.5) is 5.69 Å². The van der Waals surface area contributed by atoms with Crippen LogP contribution >= 0.6 is 0 Å². The minimum atomic E-state index is 0.134. The third kappa shape index (κ3) is 3.13. The zero-order valence-electron chi connectivity index (χ0n) is 12.2. The lowest BCUT2D eigenvalue weighted by atomic mass is 9.92. The lowest BCUT2D eigenvalue weighted by Crippen LogP contribution is -2.10. The molecule has 0 bridgehead atoms. The fourth-order valence-electron chi connectivity index (χ4n) is 2.07. The van der Waals surface area contributed by atoms with Crippen molar-refractivity contribution in [3.63, 3.8) is 0 Å². The van der Waals surface area contributed by atoms with Gasteiger partial charge in [0.15, 0.2) is 5.82 Å². The molecule has 19 heavy (non-hydrogen) atoms. The number of anilines is 1. The zero-order chi connectivity index (χ0) is 14.2. The highest BCUT2D eigenvalue weighted by molar-refractivity contribution is 5.74. The summed E-state index contributed by atoms with van der Waals surface area (Å²) in [4.78, 5) is 4.45. The number of benzene rings is 1. The number of nitrogens with zero attached hydrogens (tertiary/aromatic N) is 2. The van der Waals surface area contributed by atoms with Gasteiger partial charge in [-0.25, -0.2) is 0 Å². The largest absolute Gasteiger partial charge is 0.398 e. The van der Waals surface area contributed by atoms with Crippen molar-refractivity contribution in [3.8, 4) is 11.5 Å². The molecule has 1 aromatic heterocycles. The quantitative estimate of drug-likeness (QED) is 0.838. The van der Waals surface area contributed by atoms with Gasteiger partial charge in [-0.3, -0.25) is 0 Å². The topological polar surface area (TPSA) is 64.9 Å². The summed E-state index contributed by atoms with van der Waals surface area (Å²) in [7, 11) is 0. The van der Waals surface area contributed by atoms with E-state index in [4.69, 9.17) is 10.3 Å². The van der Waals surface area contributed by atoms with Crippen molar-refractivity contribution in [3.05, 3.63) is 29.1 Å². The Morgan fingerprint density at radius 1 is 1.21 bits per heavy atom. The highest BCUT2D eigenvalue weighted by atomic mass is 16.5. The summed E-state index contributed by atoms with van der Waals surface area (Å²) in [6.07, 6.45) is 0.779. The van der Waals surface area contributed by atoms with Crippen molar-refractivity contribution in [2.24, 2.45) is 5.41 Å². The van der Waals surface area contributed by atoms with E-state index in [1.54, 1.807) is 0 Å². The molecule has 1 aromatic carbocycles. The van der Waals surface area contributed by atoms with Crippen molar-refractivity contribution >= 4 is 5.69 Å². The molecule has 0 amide bonds. The van der Waals surface area contributed by atoms with Crippen molar-refractivity contribution < 1.29 is 4.52 Å². The molecule has 0 aliphatic carbocycles. The average Bonchev–Trinajstić information content (AvgIpc) is 2.69. The molecule has 0 spiro atoms. The van der Waals surface area contributed by atoms with Gasteiger partial charge in [-0.05, 0) is 36.5 Å². The summed E-state index contributed by atoms with van der Waals surface area (Å²) in [5, 5.41) is 4.04. The molecule has 1 heterocycles. The number of aromatic nitrogens is 2. The predicted octanol–water partition coefficient (Wildman–Crippen LogP) is 3.52. The fraction of sp³-hybridized carbons (Fsp3) is 0.467. The van der Waals surface area contributed by atoms with Crippen LogP contribution in [-0.4, -0.2) is 10.1 Å². The lowest BCUT2D eigenvalue weighted by Gasteiger charge is -2.14. The van der Waals surface area contributed by atoms with E-state index >= 15 is 0 Å². The summed E-state index contributed by atoms with van der Waals surface area (Å²) in [6.45, 7) is 10.5. The summed E-state index contributed by atoms with van der Waals surface area (Å²) >= 11 is 0. The SMILES string of the molecule is Cc1cc(C)c(N)c(-c2nc(CC(C)(C)C)no2)c1. The maximum absolute atomic E-state index is 6.09. The van der Waals surface area contributed by atoms with E-state index in [0.717, 1.165) is 28.9 Å². The van der Waals surface area contributed by atoms with Crippen LogP contribution in [0.25, 0.3) is 11.5 Å². The molecule has 4 nitrogen and oxygen atoms in total. The van der Waals surface area contributed by atoms with Crippen LogP contribution in [0.15, 0.2) is 16.7 Å². The summed E-state index contributed by atoms with van der Waals surface area (Å²) < 4.78 is 5.35. The van der Waals surface area contributed by atoms with E-state index in [1.807, 2.05) is 26.0 Å². The van der Waals surface area contributed by atoms with Crippen LogP contribution in [0.1, 0.15) is 37.7 Å². The number of hydrogen-bond acceptors (Lipinski definition) is 4. The molecule has 0 aliphatic rings.